The highest BCUT2D eigenvalue weighted by Gasteiger charge is 2.12. The highest BCUT2D eigenvalue weighted by Crippen LogP contribution is 2.22. The average molecular weight is 366 g/mol. The summed E-state index contributed by atoms with van der Waals surface area (Å²) in [5.74, 6) is -0.314. The number of nitrogens with zero attached hydrogens (tertiary/aromatic N) is 4. The van der Waals surface area contributed by atoms with Crippen molar-refractivity contribution in [3.05, 3.63) is 63.9 Å². The summed E-state index contributed by atoms with van der Waals surface area (Å²) >= 11 is 1.56. The van der Waals surface area contributed by atoms with Crippen LogP contribution in [0.1, 0.15) is 10.5 Å². The number of H-pyrrole nitrogens is 1. The lowest BCUT2D eigenvalue weighted by molar-refractivity contribution is 0.0946. The van der Waals surface area contributed by atoms with Crippen molar-refractivity contribution in [3.8, 4) is 10.6 Å². The molecule has 4 rings (SSSR count). The Hall–Kier alpha value is -3.33. The average Bonchev–Trinajstić information content (AvgIpc) is 3.35. The molecule has 0 saturated carbocycles. The summed E-state index contributed by atoms with van der Waals surface area (Å²) in [6.07, 6.45) is 0. The minimum absolute atomic E-state index is 0.227. The summed E-state index contributed by atoms with van der Waals surface area (Å²) < 4.78 is 1.24. The molecule has 8 nitrogen and oxygen atoms in total. The fourth-order valence-corrected chi connectivity index (χ4v) is 3.22. The summed E-state index contributed by atoms with van der Waals surface area (Å²) in [6.45, 7) is 0.470. The summed E-state index contributed by atoms with van der Waals surface area (Å²) in [7, 11) is 0. The van der Waals surface area contributed by atoms with E-state index in [9.17, 15) is 9.59 Å². The molecule has 0 bridgehead atoms. The first-order chi connectivity index (χ1) is 12.7. The maximum absolute atomic E-state index is 12.3. The number of rotatable bonds is 5. The molecule has 4 aromatic rings. The van der Waals surface area contributed by atoms with Crippen molar-refractivity contribution in [3.63, 3.8) is 0 Å². The van der Waals surface area contributed by atoms with Crippen LogP contribution in [0.4, 0.5) is 0 Å². The van der Waals surface area contributed by atoms with E-state index in [1.165, 1.54) is 4.68 Å². The van der Waals surface area contributed by atoms with Gasteiger partial charge in [-0.05, 0) is 29.6 Å². The SMILES string of the molecule is O=C(NCCn1nnc2ccccc2c1=O)c1cc(-c2cccs2)[nH]n1. The minimum Gasteiger partial charge on any atom is -0.349 e. The predicted octanol–water partition coefficient (Wildman–Crippen LogP) is 1.67. The van der Waals surface area contributed by atoms with Crippen LogP contribution in [-0.2, 0) is 6.54 Å². The van der Waals surface area contributed by atoms with Crippen LogP contribution < -0.4 is 10.9 Å². The lowest BCUT2D eigenvalue weighted by atomic mass is 10.2. The third kappa shape index (κ3) is 3.11. The fraction of sp³-hybridized carbons (Fsp3) is 0.118. The molecule has 1 amide bonds. The summed E-state index contributed by atoms with van der Waals surface area (Å²) in [5, 5.41) is 20.0. The van der Waals surface area contributed by atoms with Crippen LogP contribution >= 0.6 is 11.3 Å². The maximum atomic E-state index is 12.3. The van der Waals surface area contributed by atoms with Gasteiger partial charge in [0, 0.05) is 6.54 Å². The van der Waals surface area contributed by atoms with E-state index in [2.05, 4.69) is 25.8 Å². The smallest absolute Gasteiger partial charge is 0.277 e. The van der Waals surface area contributed by atoms with Crippen LogP contribution in [0.15, 0.2) is 52.6 Å². The zero-order chi connectivity index (χ0) is 17.9. The highest BCUT2D eigenvalue weighted by molar-refractivity contribution is 7.13. The van der Waals surface area contributed by atoms with E-state index in [1.807, 2.05) is 17.5 Å². The van der Waals surface area contributed by atoms with Gasteiger partial charge in [-0.3, -0.25) is 14.7 Å². The highest BCUT2D eigenvalue weighted by atomic mass is 32.1. The first kappa shape index (κ1) is 16.2. The third-order valence-corrected chi connectivity index (χ3v) is 4.74. The zero-order valence-corrected chi connectivity index (χ0v) is 14.4. The molecular weight excluding hydrogens is 352 g/mol. The van der Waals surface area contributed by atoms with Crippen LogP contribution in [0.3, 0.4) is 0 Å². The lowest BCUT2D eigenvalue weighted by Crippen LogP contribution is -2.32. The van der Waals surface area contributed by atoms with E-state index < -0.39 is 0 Å². The van der Waals surface area contributed by atoms with Crippen molar-refractivity contribution < 1.29 is 4.79 Å². The Kier molecular flexibility index (Phi) is 4.28. The normalized spacial score (nSPS) is 10.9. The largest absolute Gasteiger partial charge is 0.349 e. The maximum Gasteiger partial charge on any atom is 0.277 e. The van der Waals surface area contributed by atoms with E-state index in [-0.39, 0.29) is 24.6 Å². The molecule has 0 unspecified atom stereocenters. The van der Waals surface area contributed by atoms with E-state index >= 15 is 0 Å². The topological polar surface area (TPSA) is 106 Å². The Bertz CT molecular complexity index is 1120. The Morgan fingerprint density at radius 3 is 2.96 bits per heavy atom. The number of carbonyl (C=O) groups is 1. The Morgan fingerprint density at radius 2 is 2.12 bits per heavy atom. The van der Waals surface area contributed by atoms with E-state index in [0.717, 1.165) is 10.6 Å². The molecule has 9 heteroatoms. The zero-order valence-electron chi connectivity index (χ0n) is 13.5. The van der Waals surface area contributed by atoms with Gasteiger partial charge in [0.1, 0.15) is 5.52 Å². The molecule has 26 heavy (non-hydrogen) atoms. The van der Waals surface area contributed by atoms with Gasteiger partial charge in [0.25, 0.3) is 11.5 Å². The summed E-state index contributed by atoms with van der Waals surface area (Å²) in [4.78, 5) is 25.6. The Morgan fingerprint density at radius 1 is 1.23 bits per heavy atom. The monoisotopic (exact) mass is 366 g/mol. The van der Waals surface area contributed by atoms with Crippen molar-refractivity contribution in [2.24, 2.45) is 0 Å². The fourth-order valence-electron chi connectivity index (χ4n) is 2.53. The van der Waals surface area contributed by atoms with Crippen molar-refractivity contribution >= 4 is 28.1 Å². The van der Waals surface area contributed by atoms with Crippen LogP contribution in [0.5, 0.6) is 0 Å². The molecule has 1 aromatic carbocycles. The second-order valence-corrected chi connectivity index (χ2v) is 6.48. The van der Waals surface area contributed by atoms with E-state index in [1.54, 1.807) is 41.7 Å². The second-order valence-electron chi connectivity index (χ2n) is 5.53. The Balaban J connectivity index is 1.41. The number of aromatic nitrogens is 5. The van der Waals surface area contributed by atoms with E-state index in [0.29, 0.717) is 16.6 Å². The number of thiophene rings is 1. The number of carbonyl (C=O) groups excluding carboxylic acids is 1. The number of benzene rings is 1. The van der Waals surface area contributed by atoms with Gasteiger partial charge in [-0.25, -0.2) is 4.68 Å². The van der Waals surface area contributed by atoms with Gasteiger partial charge in [0.2, 0.25) is 0 Å². The molecule has 0 aliphatic heterocycles. The molecule has 0 fully saturated rings. The van der Waals surface area contributed by atoms with Crippen molar-refractivity contribution in [2.45, 2.75) is 6.54 Å². The molecule has 3 heterocycles. The molecule has 2 N–H and O–H groups in total. The summed E-state index contributed by atoms with van der Waals surface area (Å²) in [5.41, 5.74) is 1.41. The quantitative estimate of drug-likeness (QED) is 0.559. The molecular formula is C17H14N6O2S. The van der Waals surface area contributed by atoms with Crippen LogP contribution in [0, 0.1) is 0 Å². The molecule has 130 valence electrons. The number of hydrogen-bond donors (Lipinski definition) is 2. The number of fused-ring (bicyclic) bond motifs is 1. The molecule has 3 aromatic heterocycles. The van der Waals surface area contributed by atoms with Crippen LogP contribution in [0.25, 0.3) is 21.5 Å². The van der Waals surface area contributed by atoms with Crippen LogP contribution in [0.2, 0.25) is 0 Å². The van der Waals surface area contributed by atoms with Crippen molar-refractivity contribution in [2.75, 3.05) is 6.54 Å². The molecule has 0 radical (unpaired) electrons. The van der Waals surface area contributed by atoms with Crippen LogP contribution in [-0.4, -0.2) is 37.6 Å². The van der Waals surface area contributed by atoms with Gasteiger partial charge in [-0.2, -0.15) is 5.10 Å². The standard InChI is InChI=1S/C17H14N6O2S/c24-16(14-10-13(19-20-14)15-6-3-9-26-15)18-7-8-23-17(25)11-4-1-2-5-12(11)21-22-23/h1-6,9-10H,7-8H2,(H,18,24)(H,19,20). The first-order valence-corrected chi connectivity index (χ1v) is 8.80. The van der Waals surface area contributed by atoms with Gasteiger partial charge in [-0.15, -0.1) is 16.4 Å². The molecule has 0 aliphatic rings. The predicted molar refractivity (Wildman–Crippen MR) is 98.0 cm³/mol. The third-order valence-electron chi connectivity index (χ3n) is 3.84. The lowest BCUT2D eigenvalue weighted by Gasteiger charge is -2.05. The summed E-state index contributed by atoms with van der Waals surface area (Å²) in [6, 6.07) is 12.6. The van der Waals surface area contributed by atoms with E-state index in [4.69, 9.17) is 0 Å². The van der Waals surface area contributed by atoms with Gasteiger partial charge >= 0.3 is 0 Å². The van der Waals surface area contributed by atoms with Crippen molar-refractivity contribution in [1.82, 2.24) is 30.5 Å². The Labute approximate surface area is 151 Å². The first-order valence-electron chi connectivity index (χ1n) is 7.92. The molecule has 0 spiro atoms. The number of amides is 1. The molecule has 0 atom stereocenters. The number of aromatic amines is 1. The molecule has 0 saturated heterocycles. The van der Waals surface area contributed by atoms with Gasteiger partial charge in [0.15, 0.2) is 5.69 Å². The number of nitrogens with one attached hydrogen (secondary N) is 2. The van der Waals surface area contributed by atoms with Gasteiger partial charge < -0.3 is 5.32 Å². The molecule has 0 aliphatic carbocycles. The van der Waals surface area contributed by atoms with Gasteiger partial charge in [-0.1, -0.05) is 23.4 Å². The van der Waals surface area contributed by atoms with Gasteiger partial charge in [0.05, 0.1) is 22.5 Å². The van der Waals surface area contributed by atoms with Crippen molar-refractivity contribution in [1.29, 1.82) is 0 Å². The minimum atomic E-state index is -0.314. The second kappa shape index (κ2) is 6.89. The number of hydrogen-bond acceptors (Lipinski definition) is 6.